The summed E-state index contributed by atoms with van der Waals surface area (Å²) in [4.78, 5) is 20.5. The van der Waals surface area contributed by atoms with Crippen LogP contribution in [0.4, 0.5) is 5.82 Å². The van der Waals surface area contributed by atoms with Crippen molar-refractivity contribution in [2.75, 3.05) is 51.3 Å². The highest BCUT2D eigenvalue weighted by Gasteiger charge is 2.19. The van der Waals surface area contributed by atoms with Crippen molar-refractivity contribution in [3.05, 3.63) is 18.3 Å². The van der Waals surface area contributed by atoms with E-state index >= 15 is 0 Å². The average Bonchev–Trinajstić information content (AvgIpc) is 2.53. The first-order valence-electron chi connectivity index (χ1n) is 7.47. The van der Waals surface area contributed by atoms with Crippen LogP contribution in [0, 0.1) is 0 Å². The van der Waals surface area contributed by atoms with E-state index in [1.54, 1.807) is 13.3 Å². The summed E-state index contributed by atoms with van der Waals surface area (Å²) in [7, 11) is 1.66. The van der Waals surface area contributed by atoms with Gasteiger partial charge >= 0.3 is 0 Å². The minimum Gasteiger partial charge on any atom is -0.497 e. The third-order valence-corrected chi connectivity index (χ3v) is 3.59. The van der Waals surface area contributed by atoms with Gasteiger partial charge in [-0.3, -0.25) is 9.69 Å². The van der Waals surface area contributed by atoms with Crippen LogP contribution in [-0.4, -0.2) is 62.2 Å². The van der Waals surface area contributed by atoms with Crippen LogP contribution in [0.3, 0.4) is 0 Å². The van der Waals surface area contributed by atoms with Crippen LogP contribution < -0.4 is 15.0 Å². The highest BCUT2D eigenvalue weighted by Crippen LogP contribution is 2.19. The second-order valence-corrected chi connectivity index (χ2v) is 5.17. The maximum atomic E-state index is 11.7. The molecule has 0 spiro atoms. The summed E-state index contributed by atoms with van der Waals surface area (Å²) in [5.41, 5.74) is 0. The van der Waals surface area contributed by atoms with Gasteiger partial charge in [0.15, 0.2) is 0 Å². The van der Waals surface area contributed by atoms with Gasteiger partial charge < -0.3 is 15.0 Å². The lowest BCUT2D eigenvalue weighted by Gasteiger charge is -2.35. The highest BCUT2D eigenvalue weighted by atomic mass is 16.5. The van der Waals surface area contributed by atoms with Gasteiger partial charge in [0, 0.05) is 45.0 Å². The first-order valence-corrected chi connectivity index (χ1v) is 7.47. The fraction of sp³-hybridized carbons (Fsp3) is 0.600. The normalized spacial score (nSPS) is 15.8. The minimum atomic E-state index is 0.116. The number of rotatable bonds is 6. The molecule has 1 amide bonds. The minimum absolute atomic E-state index is 0.116. The number of anilines is 1. The first kappa shape index (κ1) is 15.6. The second kappa shape index (κ2) is 7.83. The van der Waals surface area contributed by atoms with Crippen molar-refractivity contribution in [2.24, 2.45) is 0 Å². The van der Waals surface area contributed by atoms with E-state index in [2.05, 4.69) is 27.0 Å². The molecule has 1 saturated heterocycles. The monoisotopic (exact) mass is 292 g/mol. The molecule has 0 aromatic carbocycles. The van der Waals surface area contributed by atoms with Gasteiger partial charge in [-0.05, 0) is 12.5 Å². The molecular formula is C15H24N4O2. The summed E-state index contributed by atoms with van der Waals surface area (Å²) in [5.74, 6) is 1.87. The van der Waals surface area contributed by atoms with Crippen LogP contribution in [0.2, 0.25) is 0 Å². The molecule has 1 aliphatic heterocycles. The summed E-state index contributed by atoms with van der Waals surface area (Å²) in [6, 6.07) is 3.79. The number of pyridine rings is 1. The molecule has 0 radical (unpaired) electrons. The van der Waals surface area contributed by atoms with E-state index in [4.69, 9.17) is 4.74 Å². The van der Waals surface area contributed by atoms with E-state index < -0.39 is 0 Å². The van der Waals surface area contributed by atoms with Crippen molar-refractivity contribution in [2.45, 2.75) is 13.3 Å². The highest BCUT2D eigenvalue weighted by molar-refractivity contribution is 5.78. The lowest BCUT2D eigenvalue weighted by Crippen LogP contribution is -2.49. The molecule has 116 valence electrons. The van der Waals surface area contributed by atoms with Gasteiger partial charge in [0.25, 0.3) is 0 Å². The first-order chi connectivity index (χ1) is 10.2. The molecule has 21 heavy (non-hydrogen) atoms. The molecule has 6 nitrogen and oxygen atoms in total. The third-order valence-electron chi connectivity index (χ3n) is 3.59. The van der Waals surface area contributed by atoms with Crippen molar-refractivity contribution >= 4 is 11.7 Å². The Kier molecular flexibility index (Phi) is 5.80. The van der Waals surface area contributed by atoms with Crippen LogP contribution in [0.15, 0.2) is 18.3 Å². The summed E-state index contributed by atoms with van der Waals surface area (Å²) in [6.07, 6.45) is 2.74. The van der Waals surface area contributed by atoms with Crippen molar-refractivity contribution in [3.8, 4) is 5.75 Å². The van der Waals surface area contributed by atoms with E-state index in [0.29, 0.717) is 6.54 Å². The molecular weight excluding hydrogens is 268 g/mol. The Morgan fingerprint density at radius 3 is 2.81 bits per heavy atom. The Balaban J connectivity index is 1.81. The maximum Gasteiger partial charge on any atom is 0.234 e. The molecule has 0 unspecified atom stereocenters. The Morgan fingerprint density at radius 2 is 2.14 bits per heavy atom. The molecule has 1 aliphatic rings. The topological polar surface area (TPSA) is 57.7 Å². The molecule has 2 rings (SSSR count). The summed E-state index contributed by atoms with van der Waals surface area (Å²) < 4.78 is 5.23. The summed E-state index contributed by atoms with van der Waals surface area (Å²) in [5, 5.41) is 2.91. The van der Waals surface area contributed by atoms with E-state index in [1.807, 2.05) is 12.1 Å². The number of ether oxygens (including phenoxy) is 1. The number of carbonyl (C=O) groups excluding carboxylic acids is 1. The fourth-order valence-corrected chi connectivity index (χ4v) is 2.36. The molecule has 6 heteroatoms. The lowest BCUT2D eigenvalue weighted by atomic mass is 10.3. The quantitative estimate of drug-likeness (QED) is 0.838. The molecule has 0 bridgehead atoms. The van der Waals surface area contributed by atoms with Crippen LogP contribution in [-0.2, 0) is 4.79 Å². The molecule has 0 aliphatic carbocycles. The van der Waals surface area contributed by atoms with Gasteiger partial charge in [-0.25, -0.2) is 4.98 Å². The number of hydrogen-bond donors (Lipinski definition) is 1. The number of piperazine rings is 1. The molecule has 1 aromatic rings. The van der Waals surface area contributed by atoms with Crippen molar-refractivity contribution in [1.82, 2.24) is 15.2 Å². The van der Waals surface area contributed by atoms with E-state index in [1.165, 1.54) is 0 Å². The zero-order chi connectivity index (χ0) is 15.1. The van der Waals surface area contributed by atoms with Crippen LogP contribution in [0.1, 0.15) is 13.3 Å². The van der Waals surface area contributed by atoms with E-state index in [-0.39, 0.29) is 5.91 Å². The van der Waals surface area contributed by atoms with Crippen molar-refractivity contribution < 1.29 is 9.53 Å². The number of hydrogen-bond acceptors (Lipinski definition) is 5. The van der Waals surface area contributed by atoms with Gasteiger partial charge in [0.05, 0.1) is 13.7 Å². The number of carbonyl (C=O) groups is 1. The predicted molar refractivity (Wildman–Crippen MR) is 82.7 cm³/mol. The zero-order valence-corrected chi connectivity index (χ0v) is 12.8. The van der Waals surface area contributed by atoms with Gasteiger partial charge in [0.1, 0.15) is 11.6 Å². The molecule has 1 fully saturated rings. The molecule has 0 saturated carbocycles. The molecule has 1 N–H and O–H groups in total. The number of amides is 1. The SMILES string of the molecule is CCCNC(=O)CN1CCN(c2cc(OC)ccn2)CC1. The number of methoxy groups -OCH3 is 1. The van der Waals surface area contributed by atoms with E-state index in [9.17, 15) is 4.79 Å². The largest absolute Gasteiger partial charge is 0.497 e. The van der Waals surface area contributed by atoms with E-state index in [0.717, 1.165) is 50.7 Å². The summed E-state index contributed by atoms with van der Waals surface area (Å²) >= 11 is 0. The summed E-state index contributed by atoms with van der Waals surface area (Å²) in [6.45, 7) is 6.80. The zero-order valence-electron chi connectivity index (χ0n) is 12.8. The Hall–Kier alpha value is -1.82. The fourth-order valence-electron chi connectivity index (χ4n) is 2.36. The number of aromatic nitrogens is 1. The van der Waals surface area contributed by atoms with Gasteiger partial charge in [0.2, 0.25) is 5.91 Å². The average molecular weight is 292 g/mol. The number of nitrogens with zero attached hydrogens (tertiary/aromatic N) is 3. The predicted octanol–water partition coefficient (Wildman–Crippen LogP) is 0.738. The number of nitrogens with one attached hydrogen (secondary N) is 1. The van der Waals surface area contributed by atoms with Crippen LogP contribution in [0.5, 0.6) is 5.75 Å². The Labute approximate surface area is 126 Å². The molecule has 0 atom stereocenters. The van der Waals surface area contributed by atoms with Gasteiger partial charge in [-0.15, -0.1) is 0 Å². The van der Waals surface area contributed by atoms with Crippen LogP contribution in [0.25, 0.3) is 0 Å². The van der Waals surface area contributed by atoms with Gasteiger partial charge in [-0.2, -0.15) is 0 Å². The molecule has 2 heterocycles. The Morgan fingerprint density at radius 1 is 1.38 bits per heavy atom. The third kappa shape index (κ3) is 4.60. The lowest BCUT2D eigenvalue weighted by molar-refractivity contribution is -0.122. The van der Waals surface area contributed by atoms with Crippen LogP contribution >= 0.6 is 0 Å². The maximum absolute atomic E-state index is 11.7. The Bertz CT molecular complexity index is 459. The van der Waals surface area contributed by atoms with Gasteiger partial charge in [-0.1, -0.05) is 6.92 Å². The molecule has 1 aromatic heterocycles. The standard InChI is InChI=1S/C15H24N4O2/c1-3-5-17-15(20)12-18-7-9-19(10-8-18)14-11-13(21-2)4-6-16-14/h4,6,11H,3,5,7-10,12H2,1-2H3,(H,17,20). The second-order valence-electron chi connectivity index (χ2n) is 5.17. The van der Waals surface area contributed by atoms with Crippen molar-refractivity contribution in [3.63, 3.8) is 0 Å². The van der Waals surface area contributed by atoms with Crippen molar-refractivity contribution in [1.29, 1.82) is 0 Å². The smallest absolute Gasteiger partial charge is 0.234 e.